The molecule has 21 heavy (non-hydrogen) atoms. The van der Waals surface area contributed by atoms with Gasteiger partial charge in [-0.2, -0.15) is 0 Å². The Morgan fingerprint density at radius 2 is 1.95 bits per heavy atom. The maximum atomic E-state index is 11.9. The molecule has 8 heteroatoms. The van der Waals surface area contributed by atoms with E-state index in [2.05, 4.69) is 9.71 Å². The van der Waals surface area contributed by atoms with Crippen molar-refractivity contribution in [2.24, 2.45) is 0 Å². The highest BCUT2D eigenvalue weighted by Crippen LogP contribution is 2.15. The molecule has 0 fully saturated rings. The van der Waals surface area contributed by atoms with E-state index in [0.29, 0.717) is 17.1 Å². The van der Waals surface area contributed by atoms with Crippen molar-refractivity contribution in [2.75, 3.05) is 22.8 Å². The first-order chi connectivity index (χ1) is 9.94. The SMILES string of the molecule is Nc1ccc(OCCS(=O)(=O)Nc2ccnc(Cl)c2)cc1. The molecule has 0 radical (unpaired) electrons. The third-order valence-corrected chi connectivity index (χ3v) is 3.96. The molecule has 3 N–H and O–H groups in total. The van der Waals surface area contributed by atoms with Crippen molar-refractivity contribution in [3.8, 4) is 5.75 Å². The first-order valence-electron chi connectivity index (χ1n) is 6.05. The summed E-state index contributed by atoms with van der Waals surface area (Å²) in [6, 6.07) is 9.67. The van der Waals surface area contributed by atoms with Crippen LogP contribution >= 0.6 is 11.6 Å². The summed E-state index contributed by atoms with van der Waals surface area (Å²) >= 11 is 5.69. The van der Waals surface area contributed by atoms with Gasteiger partial charge in [0.25, 0.3) is 0 Å². The summed E-state index contributed by atoms with van der Waals surface area (Å²) in [5.74, 6) is 0.378. The Hall–Kier alpha value is -1.99. The van der Waals surface area contributed by atoms with Crippen molar-refractivity contribution in [1.29, 1.82) is 0 Å². The Balaban J connectivity index is 1.88. The Morgan fingerprint density at radius 3 is 2.62 bits per heavy atom. The first kappa shape index (κ1) is 15.4. The monoisotopic (exact) mass is 327 g/mol. The molecule has 1 aromatic carbocycles. The van der Waals surface area contributed by atoms with E-state index in [1.165, 1.54) is 18.3 Å². The van der Waals surface area contributed by atoms with Crippen LogP contribution in [0.5, 0.6) is 5.75 Å². The number of anilines is 2. The number of nitrogens with one attached hydrogen (secondary N) is 1. The number of halogens is 1. The van der Waals surface area contributed by atoms with Crippen LogP contribution in [-0.2, 0) is 10.0 Å². The van der Waals surface area contributed by atoms with E-state index >= 15 is 0 Å². The van der Waals surface area contributed by atoms with E-state index in [1.807, 2.05) is 0 Å². The van der Waals surface area contributed by atoms with Crippen LogP contribution in [0.15, 0.2) is 42.6 Å². The number of hydrogen-bond acceptors (Lipinski definition) is 5. The van der Waals surface area contributed by atoms with Crippen LogP contribution in [0.1, 0.15) is 0 Å². The number of rotatable bonds is 6. The van der Waals surface area contributed by atoms with E-state index in [1.54, 1.807) is 24.3 Å². The van der Waals surface area contributed by atoms with E-state index in [0.717, 1.165) is 0 Å². The number of benzene rings is 1. The first-order valence-corrected chi connectivity index (χ1v) is 8.08. The number of nitrogens with two attached hydrogens (primary N) is 1. The zero-order chi connectivity index (χ0) is 15.3. The lowest BCUT2D eigenvalue weighted by Gasteiger charge is -2.09. The van der Waals surface area contributed by atoms with Crippen LogP contribution < -0.4 is 15.2 Å². The van der Waals surface area contributed by atoms with Gasteiger partial charge in [-0.15, -0.1) is 0 Å². The number of aromatic nitrogens is 1. The fourth-order valence-electron chi connectivity index (χ4n) is 1.53. The molecule has 1 heterocycles. The molecule has 0 unspecified atom stereocenters. The molecule has 6 nitrogen and oxygen atoms in total. The van der Waals surface area contributed by atoms with E-state index in [9.17, 15) is 8.42 Å². The molecule has 0 aliphatic carbocycles. The van der Waals surface area contributed by atoms with Crippen LogP contribution in [0.4, 0.5) is 11.4 Å². The van der Waals surface area contributed by atoms with Crippen LogP contribution in [0.2, 0.25) is 5.15 Å². The van der Waals surface area contributed by atoms with Gasteiger partial charge < -0.3 is 10.5 Å². The average molecular weight is 328 g/mol. The molecule has 2 rings (SSSR count). The van der Waals surface area contributed by atoms with Crippen molar-refractivity contribution >= 4 is 33.0 Å². The maximum Gasteiger partial charge on any atom is 0.236 e. The summed E-state index contributed by atoms with van der Waals surface area (Å²) < 4.78 is 31.5. The van der Waals surface area contributed by atoms with Gasteiger partial charge in [0.05, 0.1) is 5.69 Å². The number of nitrogen functional groups attached to an aromatic ring is 1. The van der Waals surface area contributed by atoms with Gasteiger partial charge >= 0.3 is 0 Å². The highest BCUT2D eigenvalue weighted by molar-refractivity contribution is 7.92. The molecule has 0 spiro atoms. The molecule has 0 aliphatic heterocycles. The zero-order valence-electron chi connectivity index (χ0n) is 11.0. The van der Waals surface area contributed by atoms with Gasteiger partial charge in [0.15, 0.2) is 0 Å². The van der Waals surface area contributed by atoms with Crippen LogP contribution in [0.25, 0.3) is 0 Å². The van der Waals surface area contributed by atoms with Crippen molar-refractivity contribution in [3.63, 3.8) is 0 Å². The Kier molecular flexibility index (Phi) is 4.87. The quantitative estimate of drug-likeness (QED) is 0.626. The second-order valence-corrected chi connectivity index (χ2v) is 6.43. The highest BCUT2D eigenvalue weighted by atomic mass is 35.5. The summed E-state index contributed by atoms with van der Waals surface area (Å²) in [5.41, 5.74) is 6.53. The van der Waals surface area contributed by atoms with Crippen LogP contribution in [0, 0.1) is 0 Å². The number of nitrogens with zero attached hydrogens (tertiary/aromatic N) is 1. The summed E-state index contributed by atoms with van der Waals surface area (Å²) in [7, 11) is -3.52. The largest absolute Gasteiger partial charge is 0.492 e. The van der Waals surface area contributed by atoms with Gasteiger partial charge in [-0.1, -0.05) is 11.6 Å². The molecule has 0 atom stereocenters. The summed E-state index contributed by atoms with van der Waals surface area (Å²) in [6.45, 7) is 0.0259. The van der Waals surface area contributed by atoms with E-state index in [-0.39, 0.29) is 17.5 Å². The fraction of sp³-hybridized carbons (Fsp3) is 0.154. The molecule has 1 aromatic heterocycles. The van der Waals surface area contributed by atoms with Gasteiger partial charge in [-0.05, 0) is 36.4 Å². The standard InChI is InChI=1S/C13H14ClN3O3S/c14-13-9-11(5-6-16-13)17-21(18,19)8-7-20-12-3-1-10(15)2-4-12/h1-6,9H,7-8,15H2,(H,16,17). The topological polar surface area (TPSA) is 94.3 Å². The zero-order valence-corrected chi connectivity index (χ0v) is 12.6. The lowest BCUT2D eigenvalue weighted by molar-refractivity contribution is 0.341. The molecule has 2 aromatic rings. The Morgan fingerprint density at radius 1 is 1.24 bits per heavy atom. The fourth-order valence-corrected chi connectivity index (χ4v) is 2.59. The molecule has 0 aliphatic rings. The summed E-state index contributed by atoms with van der Waals surface area (Å²) in [6.07, 6.45) is 1.42. The minimum Gasteiger partial charge on any atom is -0.492 e. The molecule has 0 saturated heterocycles. The molecule has 0 amide bonds. The van der Waals surface area contributed by atoms with Crippen molar-refractivity contribution in [1.82, 2.24) is 4.98 Å². The number of ether oxygens (including phenoxy) is 1. The van der Waals surface area contributed by atoms with Crippen LogP contribution in [-0.4, -0.2) is 25.8 Å². The third kappa shape index (κ3) is 5.13. The van der Waals surface area contributed by atoms with E-state index < -0.39 is 10.0 Å². The van der Waals surface area contributed by atoms with Gasteiger partial charge in [0, 0.05) is 11.9 Å². The molecule has 0 saturated carbocycles. The Bertz CT molecular complexity index is 705. The normalized spacial score (nSPS) is 11.1. The number of hydrogen-bond donors (Lipinski definition) is 2. The second-order valence-electron chi connectivity index (χ2n) is 4.21. The van der Waals surface area contributed by atoms with Gasteiger partial charge in [0.1, 0.15) is 23.3 Å². The van der Waals surface area contributed by atoms with Gasteiger partial charge in [0.2, 0.25) is 10.0 Å². The minimum atomic E-state index is -3.52. The Labute approximate surface area is 128 Å². The van der Waals surface area contributed by atoms with Crippen LogP contribution in [0.3, 0.4) is 0 Å². The molecular formula is C13H14ClN3O3S. The van der Waals surface area contributed by atoms with Gasteiger partial charge in [-0.25, -0.2) is 13.4 Å². The average Bonchev–Trinajstić information content (AvgIpc) is 2.40. The third-order valence-electron chi connectivity index (χ3n) is 2.50. The minimum absolute atomic E-state index is 0.0259. The predicted molar refractivity (Wildman–Crippen MR) is 83.0 cm³/mol. The smallest absolute Gasteiger partial charge is 0.236 e. The highest BCUT2D eigenvalue weighted by Gasteiger charge is 2.11. The molecular weight excluding hydrogens is 314 g/mol. The maximum absolute atomic E-state index is 11.9. The van der Waals surface area contributed by atoms with Crippen molar-refractivity contribution in [3.05, 3.63) is 47.7 Å². The van der Waals surface area contributed by atoms with Gasteiger partial charge in [-0.3, -0.25) is 4.72 Å². The van der Waals surface area contributed by atoms with Crippen molar-refractivity contribution in [2.45, 2.75) is 0 Å². The summed E-state index contributed by atoms with van der Waals surface area (Å²) in [5, 5.41) is 0.216. The lowest BCUT2D eigenvalue weighted by Crippen LogP contribution is -2.21. The molecule has 112 valence electrons. The summed E-state index contributed by atoms with van der Waals surface area (Å²) in [4.78, 5) is 3.77. The second kappa shape index (κ2) is 6.64. The lowest BCUT2D eigenvalue weighted by atomic mass is 10.3. The molecule has 0 bridgehead atoms. The van der Waals surface area contributed by atoms with Crippen molar-refractivity contribution < 1.29 is 13.2 Å². The number of pyridine rings is 1. The predicted octanol–water partition coefficient (Wildman–Crippen LogP) is 2.14. The van der Waals surface area contributed by atoms with E-state index in [4.69, 9.17) is 22.1 Å². The number of sulfonamides is 1.